The molecular formula is C18H24N2O. The Bertz CT molecular complexity index is 611. The van der Waals surface area contributed by atoms with Gasteiger partial charge in [0.15, 0.2) is 0 Å². The van der Waals surface area contributed by atoms with E-state index in [-0.39, 0.29) is 12.1 Å². The van der Waals surface area contributed by atoms with Crippen molar-refractivity contribution >= 4 is 10.9 Å². The van der Waals surface area contributed by atoms with E-state index >= 15 is 0 Å². The topological polar surface area (TPSA) is 48.1 Å². The van der Waals surface area contributed by atoms with E-state index in [1.165, 1.54) is 30.2 Å². The number of rotatable bonds is 3. The molecule has 2 atom stereocenters. The number of hydrogen-bond acceptors (Lipinski definition) is 3. The summed E-state index contributed by atoms with van der Waals surface area (Å²) in [5, 5.41) is 1.19. The molecule has 2 aromatic rings. The Hall–Kier alpha value is -1.45. The summed E-state index contributed by atoms with van der Waals surface area (Å²) < 4.78 is 6.17. The van der Waals surface area contributed by atoms with Gasteiger partial charge in [-0.25, -0.2) is 0 Å². The fourth-order valence-corrected chi connectivity index (χ4v) is 3.22. The molecule has 3 heteroatoms. The van der Waals surface area contributed by atoms with Crippen LogP contribution in [0.15, 0.2) is 30.3 Å². The SMILES string of the molecule is Cc1cc(COC2CCCCCC2N)c2ccccc2n1. The molecule has 1 aliphatic rings. The van der Waals surface area contributed by atoms with E-state index in [9.17, 15) is 0 Å². The van der Waals surface area contributed by atoms with Gasteiger partial charge in [0.1, 0.15) is 0 Å². The van der Waals surface area contributed by atoms with Gasteiger partial charge < -0.3 is 10.5 Å². The highest BCUT2D eigenvalue weighted by atomic mass is 16.5. The van der Waals surface area contributed by atoms with Crippen LogP contribution in [0.1, 0.15) is 43.4 Å². The number of benzene rings is 1. The van der Waals surface area contributed by atoms with Crippen molar-refractivity contribution in [3.8, 4) is 0 Å². The molecule has 21 heavy (non-hydrogen) atoms. The van der Waals surface area contributed by atoms with Gasteiger partial charge in [-0.2, -0.15) is 0 Å². The summed E-state index contributed by atoms with van der Waals surface area (Å²) in [7, 11) is 0. The van der Waals surface area contributed by atoms with Crippen molar-refractivity contribution in [3.63, 3.8) is 0 Å². The fraction of sp³-hybridized carbons (Fsp3) is 0.500. The summed E-state index contributed by atoms with van der Waals surface area (Å²) in [6.45, 7) is 2.66. The first-order valence-corrected chi connectivity index (χ1v) is 7.96. The van der Waals surface area contributed by atoms with Gasteiger partial charge in [-0.3, -0.25) is 4.98 Å². The Morgan fingerprint density at radius 2 is 2.00 bits per heavy atom. The van der Waals surface area contributed by atoms with Crippen LogP contribution >= 0.6 is 0 Å². The molecule has 1 saturated carbocycles. The minimum Gasteiger partial charge on any atom is -0.372 e. The highest BCUT2D eigenvalue weighted by Gasteiger charge is 2.21. The molecule has 0 amide bonds. The van der Waals surface area contributed by atoms with Gasteiger partial charge in [0.05, 0.1) is 18.2 Å². The molecule has 0 radical (unpaired) electrons. The van der Waals surface area contributed by atoms with Gasteiger partial charge in [-0.05, 0) is 37.5 Å². The van der Waals surface area contributed by atoms with Gasteiger partial charge in [-0.15, -0.1) is 0 Å². The number of para-hydroxylation sites is 1. The molecule has 1 heterocycles. The number of hydrogen-bond donors (Lipinski definition) is 1. The largest absolute Gasteiger partial charge is 0.372 e. The second kappa shape index (κ2) is 6.54. The second-order valence-electron chi connectivity index (χ2n) is 6.09. The molecule has 0 bridgehead atoms. The van der Waals surface area contributed by atoms with Crippen LogP contribution in [0.3, 0.4) is 0 Å². The summed E-state index contributed by atoms with van der Waals surface area (Å²) >= 11 is 0. The number of nitrogens with zero attached hydrogens (tertiary/aromatic N) is 1. The van der Waals surface area contributed by atoms with Crippen molar-refractivity contribution in [3.05, 3.63) is 41.6 Å². The van der Waals surface area contributed by atoms with E-state index in [1.807, 2.05) is 13.0 Å². The third-order valence-electron chi connectivity index (χ3n) is 4.39. The maximum Gasteiger partial charge on any atom is 0.0730 e. The molecule has 1 aromatic carbocycles. The summed E-state index contributed by atoms with van der Waals surface area (Å²) in [5.74, 6) is 0. The number of ether oxygens (including phenoxy) is 1. The molecule has 2 unspecified atom stereocenters. The average Bonchev–Trinajstić information content (AvgIpc) is 2.69. The molecule has 3 nitrogen and oxygen atoms in total. The maximum absolute atomic E-state index is 6.25. The first-order chi connectivity index (χ1) is 10.2. The zero-order valence-corrected chi connectivity index (χ0v) is 12.7. The predicted molar refractivity (Wildman–Crippen MR) is 86.1 cm³/mol. The Labute approximate surface area is 126 Å². The molecule has 112 valence electrons. The summed E-state index contributed by atoms with van der Waals surface area (Å²) in [6.07, 6.45) is 6.11. The minimum atomic E-state index is 0.182. The van der Waals surface area contributed by atoms with Crippen LogP contribution in [0.25, 0.3) is 10.9 Å². The van der Waals surface area contributed by atoms with Crippen LogP contribution < -0.4 is 5.73 Å². The minimum absolute atomic E-state index is 0.182. The van der Waals surface area contributed by atoms with Crippen molar-refractivity contribution in [1.29, 1.82) is 0 Å². The van der Waals surface area contributed by atoms with Crippen LogP contribution in [0.5, 0.6) is 0 Å². The van der Waals surface area contributed by atoms with Crippen molar-refractivity contribution < 1.29 is 4.74 Å². The lowest BCUT2D eigenvalue weighted by Gasteiger charge is -2.22. The number of pyridine rings is 1. The first-order valence-electron chi connectivity index (χ1n) is 7.96. The number of nitrogens with two attached hydrogens (primary N) is 1. The van der Waals surface area contributed by atoms with E-state index in [0.29, 0.717) is 6.61 Å². The molecular weight excluding hydrogens is 260 g/mol. The van der Waals surface area contributed by atoms with Crippen molar-refractivity contribution in [2.75, 3.05) is 0 Å². The van der Waals surface area contributed by atoms with Crippen molar-refractivity contribution in [2.45, 2.75) is 57.8 Å². The average molecular weight is 284 g/mol. The van der Waals surface area contributed by atoms with E-state index in [2.05, 4.69) is 29.2 Å². The van der Waals surface area contributed by atoms with Gasteiger partial charge in [0.25, 0.3) is 0 Å². The fourth-order valence-electron chi connectivity index (χ4n) is 3.22. The molecule has 0 aliphatic heterocycles. The van der Waals surface area contributed by atoms with E-state index in [4.69, 9.17) is 10.5 Å². The van der Waals surface area contributed by atoms with E-state index in [1.54, 1.807) is 0 Å². The molecule has 1 fully saturated rings. The van der Waals surface area contributed by atoms with Gasteiger partial charge in [-0.1, -0.05) is 37.5 Å². The van der Waals surface area contributed by atoms with E-state index in [0.717, 1.165) is 24.1 Å². The lowest BCUT2D eigenvalue weighted by molar-refractivity contribution is 0.0199. The zero-order chi connectivity index (χ0) is 14.7. The predicted octanol–water partition coefficient (Wildman–Crippen LogP) is 3.72. The smallest absolute Gasteiger partial charge is 0.0730 e. The molecule has 1 aromatic heterocycles. The Balaban J connectivity index is 1.78. The van der Waals surface area contributed by atoms with Gasteiger partial charge >= 0.3 is 0 Å². The summed E-state index contributed by atoms with van der Waals surface area (Å²) in [5.41, 5.74) is 9.55. The highest BCUT2D eigenvalue weighted by Crippen LogP contribution is 2.23. The van der Waals surface area contributed by atoms with Crippen molar-refractivity contribution in [1.82, 2.24) is 4.98 Å². The van der Waals surface area contributed by atoms with Gasteiger partial charge in [0.2, 0.25) is 0 Å². The van der Waals surface area contributed by atoms with Crippen LogP contribution in [-0.2, 0) is 11.3 Å². The van der Waals surface area contributed by atoms with Crippen LogP contribution in [0.4, 0.5) is 0 Å². The molecule has 1 aliphatic carbocycles. The van der Waals surface area contributed by atoms with Crippen LogP contribution in [0.2, 0.25) is 0 Å². The number of aromatic nitrogens is 1. The summed E-state index contributed by atoms with van der Waals surface area (Å²) in [4.78, 5) is 4.58. The number of aryl methyl sites for hydroxylation is 1. The molecule has 3 rings (SSSR count). The van der Waals surface area contributed by atoms with Crippen LogP contribution in [0, 0.1) is 6.92 Å². The maximum atomic E-state index is 6.25. The molecule has 0 saturated heterocycles. The third-order valence-corrected chi connectivity index (χ3v) is 4.39. The second-order valence-corrected chi connectivity index (χ2v) is 6.09. The number of fused-ring (bicyclic) bond motifs is 1. The lowest BCUT2D eigenvalue weighted by Crippen LogP contribution is -2.35. The van der Waals surface area contributed by atoms with E-state index < -0.39 is 0 Å². The Morgan fingerprint density at radius 3 is 2.90 bits per heavy atom. The van der Waals surface area contributed by atoms with Gasteiger partial charge in [0, 0.05) is 17.1 Å². The van der Waals surface area contributed by atoms with Crippen LogP contribution in [-0.4, -0.2) is 17.1 Å². The molecule has 2 N–H and O–H groups in total. The Morgan fingerprint density at radius 1 is 1.19 bits per heavy atom. The first kappa shape index (κ1) is 14.5. The zero-order valence-electron chi connectivity index (χ0n) is 12.7. The third kappa shape index (κ3) is 3.42. The lowest BCUT2D eigenvalue weighted by atomic mass is 10.1. The van der Waals surface area contributed by atoms with Crippen molar-refractivity contribution in [2.24, 2.45) is 5.73 Å². The summed E-state index contributed by atoms with van der Waals surface area (Å²) in [6, 6.07) is 10.6. The standard InChI is InChI=1S/C18H24N2O/c1-13-11-14(15-7-5-6-9-17(15)20-13)12-21-18-10-4-2-3-8-16(18)19/h5-7,9,11,16,18H,2-4,8,10,12,19H2,1H3. The highest BCUT2D eigenvalue weighted by molar-refractivity contribution is 5.82. The monoisotopic (exact) mass is 284 g/mol. The quantitative estimate of drug-likeness (QED) is 0.874. The Kier molecular flexibility index (Phi) is 4.51. The normalized spacial score (nSPS) is 23.1. The molecule has 0 spiro atoms.